The number of methoxy groups -OCH3 is 1. The zero-order valence-corrected chi connectivity index (χ0v) is 11.0. The monoisotopic (exact) mass is 237 g/mol. The molecule has 1 unspecified atom stereocenters. The first-order valence-corrected chi connectivity index (χ1v) is 6.17. The molecule has 0 aliphatic rings. The summed E-state index contributed by atoms with van der Waals surface area (Å²) in [7, 11) is 3.69. The van der Waals surface area contributed by atoms with Gasteiger partial charge in [0.2, 0.25) is 0 Å². The van der Waals surface area contributed by atoms with E-state index in [9.17, 15) is 0 Å². The minimum absolute atomic E-state index is 0.354. The minimum atomic E-state index is 0.354. The second-order valence-electron chi connectivity index (χ2n) is 4.13. The van der Waals surface area contributed by atoms with Crippen LogP contribution in [0.3, 0.4) is 0 Å². The molecule has 0 spiro atoms. The van der Waals surface area contributed by atoms with Crippen LogP contribution < -0.4 is 10.1 Å². The second kappa shape index (κ2) is 8.09. The Hall–Kier alpha value is -1.06. The van der Waals surface area contributed by atoms with E-state index in [-0.39, 0.29) is 0 Å². The fraction of sp³-hybridized carbons (Fsp3) is 0.571. The van der Waals surface area contributed by atoms with Crippen molar-refractivity contribution in [2.75, 3.05) is 27.4 Å². The van der Waals surface area contributed by atoms with Gasteiger partial charge in [-0.05, 0) is 44.5 Å². The molecule has 0 aliphatic carbocycles. The van der Waals surface area contributed by atoms with E-state index in [0.29, 0.717) is 6.04 Å². The third-order valence-corrected chi connectivity index (χ3v) is 2.80. The van der Waals surface area contributed by atoms with Gasteiger partial charge in [-0.3, -0.25) is 0 Å². The van der Waals surface area contributed by atoms with E-state index >= 15 is 0 Å². The fourth-order valence-electron chi connectivity index (χ4n) is 1.58. The van der Waals surface area contributed by atoms with Crippen molar-refractivity contribution in [3.05, 3.63) is 29.8 Å². The Kier molecular flexibility index (Phi) is 6.67. The van der Waals surface area contributed by atoms with Gasteiger partial charge in [-0.2, -0.15) is 0 Å². The maximum Gasteiger partial charge on any atom is 0.119 e. The molecular formula is C14H23NO2. The summed E-state index contributed by atoms with van der Waals surface area (Å²) in [4.78, 5) is 0. The lowest BCUT2D eigenvalue weighted by Crippen LogP contribution is -2.12. The summed E-state index contributed by atoms with van der Waals surface area (Å²) in [5, 5.41) is 3.22. The number of hydrogen-bond acceptors (Lipinski definition) is 3. The van der Waals surface area contributed by atoms with Crippen molar-refractivity contribution in [1.82, 2.24) is 5.32 Å². The highest BCUT2D eigenvalue weighted by Gasteiger charge is 2.03. The third kappa shape index (κ3) is 5.20. The summed E-state index contributed by atoms with van der Waals surface area (Å²) < 4.78 is 10.7. The van der Waals surface area contributed by atoms with Crippen molar-refractivity contribution < 1.29 is 9.47 Å². The molecule has 0 radical (unpaired) electrons. The highest BCUT2D eigenvalue weighted by Crippen LogP contribution is 2.18. The topological polar surface area (TPSA) is 30.5 Å². The highest BCUT2D eigenvalue weighted by molar-refractivity contribution is 5.30. The van der Waals surface area contributed by atoms with Gasteiger partial charge >= 0.3 is 0 Å². The summed E-state index contributed by atoms with van der Waals surface area (Å²) in [5.74, 6) is 0.946. The number of ether oxygens (including phenoxy) is 2. The SMILES string of the molecule is CNC(C)c1cccc(OCCCCOC)c1. The van der Waals surface area contributed by atoms with Gasteiger partial charge in [0.15, 0.2) is 0 Å². The van der Waals surface area contributed by atoms with E-state index in [2.05, 4.69) is 24.4 Å². The zero-order valence-electron chi connectivity index (χ0n) is 11.0. The molecule has 1 N–H and O–H groups in total. The smallest absolute Gasteiger partial charge is 0.119 e. The van der Waals surface area contributed by atoms with E-state index in [1.165, 1.54) is 5.56 Å². The maximum atomic E-state index is 5.70. The predicted molar refractivity (Wildman–Crippen MR) is 70.5 cm³/mol. The summed E-state index contributed by atoms with van der Waals surface area (Å²) >= 11 is 0. The molecule has 0 fully saturated rings. The molecule has 1 aromatic rings. The number of rotatable bonds is 8. The molecule has 1 atom stereocenters. The van der Waals surface area contributed by atoms with Gasteiger partial charge in [-0.25, -0.2) is 0 Å². The molecule has 1 aromatic carbocycles. The van der Waals surface area contributed by atoms with E-state index in [1.807, 2.05) is 19.2 Å². The zero-order chi connectivity index (χ0) is 12.5. The molecule has 3 nitrogen and oxygen atoms in total. The molecule has 0 saturated heterocycles. The lowest BCUT2D eigenvalue weighted by Gasteiger charge is -2.12. The number of unbranched alkanes of at least 4 members (excludes halogenated alkanes) is 1. The summed E-state index contributed by atoms with van der Waals surface area (Å²) in [5.41, 5.74) is 1.25. The van der Waals surface area contributed by atoms with Crippen LogP contribution in [0.15, 0.2) is 24.3 Å². The molecule has 17 heavy (non-hydrogen) atoms. The van der Waals surface area contributed by atoms with E-state index in [0.717, 1.165) is 31.8 Å². The van der Waals surface area contributed by atoms with Crippen molar-refractivity contribution in [2.24, 2.45) is 0 Å². The van der Waals surface area contributed by atoms with Crippen LogP contribution >= 0.6 is 0 Å². The van der Waals surface area contributed by atoms with Crippen molar-refractivity contribution in [2.45, 2.75) is 25.8 Å². The van der Waals surface area contributed by atoms with Crippen LogP contribution in [0.2, 0.25) is 0 Å². The first-order chi connectivity index (χ1) is 8.27. The maximum absolute atomic E-state index is 5.70. The van der Waals surface area contributed by atoms with Gasteiger partial charge in [-0.15, -0.1) is 0 Å². The van der Waals surface area contributed by atoms with Crippen LogP contribution in [-0.2, 0) is 4.74 Å². The van der Waals surface area contributed by atoms with E-state index in [1.54, 1.807) is 7.11 Å². The predicted octanol–water partition coefficient (Wildman–Crippen LogP) is 2.77. The molecular weight excluding hydrogens is 214 g/mol. The van der Waals surface area contributed by atoms with E-state index < -0.39 is 0 Å². The van der Waals surface area contributed by atoms with Gasteiger partial charge in [0.1, 0.15) is 5.75 Å². The number of benzene rings is 1. The molecule has 3 heteroatoms. The first kappa shape index (κ1) is 14.0. The van der Waals surface area contributed by atoms with Crippen molar-refractivity contribution in [3.8, 4) is 5.75 Å². The van der Waals surface area contributed by atoms with Gasteiger partial charge in [-0.1, -0.05) is 12.1 Å². The Labute approximate surface area is 104 Å². The Morgan fingerprint density at radius 3 is 2.71 bits per heavy atom. The van der Waals surface area contributed by atoms with Crippen LogP contribution in [0.5, 0.6) is 5.75 Å². The summed E-state index contributed by atoms with van der Waals surface area (Å²) in [6.07, 6.45) is 2.07. The standard InChI is InChI=1S/C14H23NO2/c1-12(15-2)13-7-6-8-14(11-13)17-10-5-4-9-16-3/h6-8,11-12,15H,4-5,9-10H2,1-3H3. The average Bonchev–Trinajstić information content (AvgIpc) is 2.38. The minimum Gasteiger partial charge on any atom is -0.494 e. The summed E-state index contributed by atoms with van der Waals surface area (Å²) in [6.45, 7) is 3.69. The van der Waals surface area contributed by atoms with Crippen LogP contribution in [0.25, 0.3) is 0 Å². The molecule has 96 valence electrons. The summed E-state index contributed by atoms with van der Waals surface area (Å²) in [6, 6.07) is 8.60. The Morgan fingerprint density at radius 2 is 2.00 bits per heavy atom. The van der Waals surface area contributed by atoms with Crippen molar-refractivity contribution in [1.29, 1.82) is 0 Å². The Bertz CT molecular complexity index is 315. The quantitative estimate of drug-likeness (QED) is 0.705. The normalized spacial score (nSPS) is 12.4. The van der Waals surface area contributed by atoms with Crippen LogP contribution in [-0.4, -0.2) is 27.4 Å². The average molecular weight is 237 g/mol. The lowest BCUT2D eigenvalue weighted by molar-refractivity contribution is 0.184. The Morgan fingerprint density at radius 1 is 1.24 bits per heavy atom. The largest absolute Gasteiger partial charge is 0.494 e. The van der Waals surface area contributed by atoms with Gasteiger partial charge < -0.3 is 14.8 Å². The van der Waals surface area contributed by atoms with Gasteiger partial charge in [0, 0.05) is 19.8 Å². The first-order valence-electron chi connectivity index (χ1n) is 6.17. The van der Waals surface area contributed by atoms with Crippen LogP contribution in [0.1, 0.15) is 31.4 Å². The number of nitrogens with one attached hydrogen (secondary N) is 1. The van der Waals surface area contributed by atoms with E-state index in [4.69, 9.17) is 9.47 Å². The molecule has 0 saturated carbocycles. The molecule has 0 heterocycles. The molecule has 0 amide bonds. The molecule has 1 rings (SSSR count). The van der Waals surface area contributed by atoms with Crippen molar-refractivity contribution in [3.63, 3.8) is 0 Å². The molecule has 0 bridgehead atoms. The van der Waals surface area contributed by atoms with Gasteiger partial charge in [0.05, 0.1) is 6.61 Å². The van der Waals surface area contributed by atoms with Crippen LogP contribution in [0.4, 0.5) is 0 Å². The van der Waals surface area contributed by atoms with Crippen molar-refractivity contribution >= 4 is 0 Å². The Balaban J connectivity index is 2.38. The molecule has 0 aliphatic heterocycles. The highest BCUT2D eigenvalue weighted by atomic mass is 16.5. The number of hydrogen-bond donors (Lipinski definition) is 1. The molecule has 0 aromatic heterocycles. The van der Waals surface area contributed by atoms with Gasteiger partial charge in [0.25, 0.3) is 0 Å². The third-order valence-electron chi connectivity index (χ3n) is 2.80. The lowest BCUT2D eigenvalue weighted by atomic mass is 10.1. The van der Waals surface area contributed by atoms with Crippen LogP contribution in [0, 0.1) is 0 Å². The fourth-order valence-corrected chi connectivity index (χ4v) is 1.58. The second-order valence-corrected chi connectivity index (χ2v) is 4.13.